The van der Waals surface area contributed by atoms with Crippen LogP contribution in [-0.4, -0.2) is 4.98 Å². The van der Waals surface area contributed by atoms with E-state index < -0.39 is 0 Å². The molecule has 1 aromatic carbocycles. The van der Waals surface area contributed by atoms with E-state index in [9.17, 15) is 0 Å². The fourth-order valence-corrected chi connectivity index (χ4v) is 2.96. The summed E-state index contributed by atoms with van der Waals surface area (Å²) in [5.74, 6) is 0.585. The smallest absolute Gasteiger partial charge is 0.124 e. The number of aromatic nitrogens is 1. The largest absolute Gasteiger partial charge is 0.384 e. The quantitative estimate of drug-likeness (QED) is 0.653. The molecule has 0 amide bonds. The molecule has 0 saturated carbocycles. The maximum Gasteiger partial charge on any atom is 0.124 e. The van der Waals surface area contributed by atoms with Crippen LogP contribution < -0.4 is 5.73 Å². The van der Waals surface area contributed by atoms with Gasteiger partial charge in [0.2, 0.25) is 0 Å². The molecule has 0 radical (unpaired) electrons. The number of pyridine rings is 1. The summed E-state index contributed by atoms with van der Waals surface area (Å²) in [5.41, 5.74) is 12.9. The number of aryl methyl sites for hydroxylation is 3. The molecular formula is C21H26N2S. The van der Waals surface area contributed by atoms with Crippen LogP contribution in [0.5, 0.6) is 0 Å². The van der Waals surface area contributed by atoms with Crippen LogP contribution in [0.25, 0.3) is 11.3 Å². The summed E-state index contributed by atoms with van der Waals surface area (Å²) >= 11 is 4.17. The average molecular weight is 339 g/mol. The predicted octanol–water partition coefficient (Wildman–Crippen LogP) is 5.71. The van der Waals surface area contributed by atoms with Gasteiger partial charge in [0, 0.05) is 5.56 Å². The molecule has 1 aliphatic rings. The first-order valence-electron chi connectivity index (χ1n) is 8.24. The molecule has 1 aliphatic carbocycles. The molecule has 1 heterocycles. The number of rotatable bonds is 1. The molecular weight excluding hydrogens is 312 g/mol. The van der Waals surface area contributed by atoms with Crippen LogP contribution in [0.1, 0.15) is 35.1 Å². The lowest BCUT2D eigenvalue weighted by atomic mass is 9.99. The van der Waals surface area contributed by atoms with Gasteiger partial charge in [-0.05, 0) is 74.8 Å². The lowest BCUT2D eigenvalue weighted by molar-refractivity contribution is 1.02. The molecule has 2 N–H and O–H groups in total. The molecule has 0 saturated heterocycles. The predicted molar refractivity (Wildman–Crippen MR) is 108 cm³/mol. The van der Waals surface area contributed by atoms with Crippen LogP contribution in [0.4, 0.5) is 5.82 Å². The number of nitrogen functional groups attached to an aromatic ring is 1. The number of benzene rings is 1. The highest BCUT2D eigenvalue weighted by atomic mass is 32.1. The fraction of sp³-hybridized carbons (Fsp3) is 0.286. The first kappa shape index (κ1) is 18.3. The van der Waals surface area contributed by atoms with Gasteiger partial charge in [0.15, 0.2) is 0 Å². The number of hydrogen-bond donors (Lipinski definition) is 2. The van der Waals surface area contributed by atoms with Crippen molar-refractivity contribution in [3.63, 3.8) is 0 Å². The molecule has 0 fully saturated rings. The van der Waals surface area contributed by atoms with E-state index in [0.29, 0.717) is 5.82 Å². The van der Waals surface area contributed by atoms with Gasteiger partial charge in [-0.2, -0.15) is 0 Å². The Hall–Kier alpha value is -2.00. The third-order valence-corrected chi connectivity index (χ3v) is 4.41. The van der Waals surface area contributed by atoms with Crippen molar-refractivity contribution in [2.45, 2.75) is 40.5 Å². The van der Waals surface area contributed by atoms with Crippen LogP contribution in [-0.2, 0) is 0 Å². The van der Waals surface area contributed by atoms with E-state index in [2.05, 4.69) is 69.6 Å². The summed E-state index contributed by atoms with van der Waals surface area (Å²) in [5, 5.41) is 0. The third-order valence-electron chi connectivity index (χ3n) is 4.04. The van der Waals surface area contributed by atoms with E-state index in [1.54, 1.807) is 0 Å². The van der Waals surface area contributed by atoms with Gasteiger partial charge in [0.25, 0.3) is 0 Å². The van der Waals surface area contributed by atoms with E-state index in [-0.39, 0.29) is 0 Å². The summed E-state index contributed by atoms with van der Waals surface area (Å²) in [7, 11) is 0. The van der Waals surface area contributed by atoms with Crippen molar-refractivity contribution in [3.8, 4) is 11.3 Å². The zero-order valence-electron chi connectivity index (χ0n) is 14.9. The number of thiol groups is 1. The molecule has 3 rings (SSSR count). The maximum absolute atomic E-state index is 5.83. The minimum Gasteiger partial charge on any atom is -0.384 e. The Labute approximate surface area is 150 Å². The Morgan fingerprint density at radius 1 is 1.00 bits per heavy atom. The molecule has 2 aromatic rings. The summed E-state index contributed by atoms with van der Waals surface area (Å²) < 4.78 is 0. The molecule has 0 atom stereocenters. The highest BCUT2D eigenvalue weighted by Gasteiger charge is 2.08. The topological polar surface area (TPSA) is 38.9 Å². The number of nitrogens with two attached hydrogens (primary N) is 1. The molecule has 0 unspecified atom stereocenters. The van der Waals surface area contributed by atoms with Gasteiger partial charge in [-0.1, -0.05) is 35.4 Å². The zero-order valence-corrected chi connectivity index (χ0v) is 15.8. The lowest BCUT2D eigenvalue weighted by Crippen LogP contribution is -1.98. The van der Waals surface area contributed by atoms with Gasteiger partial charge >= 0.3 is 0 Å². The number of allylic oxidation sites excluding steroid dienone is 4. The van der Waals surface area contributed by atoms with Gasteiger partial charge in [-0.3, -0.25) is 0 Å². The Morgan fingerprint density at radius 2 is 1.67 bits per heavy atom. The molecule has 0 spiro atoms. The van der Waals surface area contributed by atoms with Crippen molar-refractivity contribution in [1.82, 2.24) is 4.98 Å². The van der Waals surface area contributed by atoms with Crippen LogP contribution in [0.2, 0.25) is 0 Å². The van der Waals surface area contributed by atoms with Gasteiger partial charge < -0.3 is 5.73 Å². The van der Waals surface area contributed by atoms with Gasteiger partial charge in [-0.25, -0.2) is 4.98 Å². The highest BCUT2D eigenvalue weighted by Crippen LogP contribution is 2.26. The molecule has 2 nitrogen and oxygen atoms in total. The summed E-state index contributed by atoms with van der Waals surface area (Å²) in [6.45, 7) is 8.37. The number of anilines is 1. The van der Waals surface area contributed by atoms with E-state index in [0.717, 1.165) is 24.1 Å². The Kier molecular flexibility index (Phi) is 6.27. The molecule has 1 aromatic heterocycles. The van der Waals surface area contributed by atoms with Crippen molar-refractivity contribution < 1.29 is 0 Å². The second-order valence-electron chi connectivity index (χ2n) is 6.34. The average Bonchev–Trinajstić information content (AvgIpc) is 2.51. The molecule has 24 heavy (non-hydrogen) atoms. The van der Waals surface area contributed by atoms with Crippen molar-refractivity contribution in [2.75, 3.05) is 5.73 Å². The summed E-state index contributed by atoms with van der Waals surface area (Å²) in [6.07, 6.45) is 8.52. The zero-order chi connectivity index (χ0) is 17.7. The third kappa shape index (κ3) is 5.00. The standard InChI is InChI=1S/C15H18N2.C6H8S/c1-9-5-10(2)7-13(6-9)15-12(4)11(3)8-14(16)17-15;7-6-4-2-1-3-5-6/h5-8H,1-4H3,(H2,16,17);1-2,4,7H,3,5H2. The molecule has 126 valence electrons. The van der Waals surface area contributed by atoms with Crippen molar-refractivity contribution in [1.29, 1.82) is 0 Å². The summed E-state index contributed by atoms with van der Waals surface area (Å²) in [4.78, 5) is 5.66. The van der Waals surface area contributed by atoms with E-state index in [4.69, 9.17) is 5.73 Å². The van der Waals surface area contributed by atoms with Crippen molar-refractivity contribution in [2.24, 2.45) is 0 Å². The molecule has 3 heteroatoms. The van der Waals surface area contributed by atoms with Crippen LogP contribution in [0.15, 0.2) is 47.4 Å². The van der Waals surface area contributed by atoms with E-state index in [1.165, 1.54) is 27.2 Å². The van der Waals surface area contributed by atoms with Gasteiger partial charge in [0.05, 0.1) is 5.69 Å². The molecule has 0 bridgehead atoms. The van der Waals surface area contributed by atoms with Crippen LogP contribution in [0, 0.1) is 27.7 Å². The van der Waals surface area contributed by atoms with E-state index in [1.807, 2.05) is 18.2 Å². The van der Waals surface area contributed by atoms with Crippen LogP contribution in [0.3, 0.4) is 0 Å². The minimum absolute atomic E-state index is 0.585. The highest BCUT2D eigenvalue weighted by molar-refractivity contribution is 7.84. The minimum atomic E-state index is 0.585. The Bertz CT molecular complexity index is 768. The van der Waals surface area contributed by atoms with E-state index >= 15 is 0 Å². The van der Waals surface area contributed by atoms with Gasteiger partial charge in [0.1, 0.15) is 5.82 Å². The second kappa shape index (κ2) is 8.20. The number of hydrogen-bond acceptors (Lipinski definition) is 3. The first-order valence-corrected chi connectivity index (χ1v) is 8.68. The Balaban J connectivity index is 0.000000249. The summed E-state index contributed by atoms with van der Waals surface area (Å²) in [6, 6.07) is 8.39. The Morgan fingerprint density at radius 3 is 2.17 bits per heavy atom. The van der Waals surface area contributed by atoms with Crippen LogP contribution >= 0.6 is 12.6 Å². The van der Waals surface area contributed by atoms with Crippen molar-refractivity contribution in [3.05, 3.63) is 69.7 Å². The number of nitrogens with zero attached hydrogens (tertiary/aromatic N) is 1. The normalized spacial score (nSPS) is 13.1. The second-order valence-corrected chi connectivity index (χ2v) is 6.91. The van der Waals surface area contributed by atoms with Gasteiger partial charge in [-0.15, -0.1) is 12.6 Å². The fourth-order valence-electron chi connectivity index (χ4n) is 2.74. The lowest BCUT2D eigenvalue weighted by Gasteiger charge is -2.11. The molecule has 0 aliphatic heterocycles. The maximum atomic E-state index is 5.83. The van der Waals surface area contributed by atoms with Crippen molar-refractivity contribution >= 4 is 18.4 Å². The monoisotopic (exact) mass is 338 g/mol. The SMILES string of the molecule is Cc1cc(C)cc(-c2nc(N)cc(C)c2C)c1.SC1=CC=CCC1. The first-order chi connectivity index (χ1) is 11.4.